The predicted molar refractivity (Wildman–Crippen MR) is 271 cm³/mol. The van der Waals surface area contributed by atoms with Crippen molar-refractivity contribution in [3.63, 3.8) is 0 Å². The SMILES string of the molecule is c1ccc(-c2ccc(-c3cccc4ccccc34)cc2N(c2ccccc2-c2ccc3oc4ccccc4c3c2)c2ccccc2-c2cccc3cccc(C4CCCCC4)c23)cc1. The Labute approximate surface area is 374 Å². The predicted octanol–water partition coefficient (Wildman–Crippen LogP) is 18.1. The molecule has 0 spiro atoms. The van der Waals surface area contributed by atoms with E-state index in [1.54, 1.807) is 0 Å². The minimum atomic E-state index is 0.554. The molecular formula is C62H47NO. The molecule has 0 amide bonds. The van der Waals surface area contributed by atoms with Crippen LogP contribution in [0.3, 0.4) is 0 Å². The van der Waals surface area contributed by atoms with Crippen LogP contribution in [0.15, 0.2) is 223 Å². The molecule has 12 rings (SSSR count). The summed E-state index contributed by atoms with van der Waals surface area (Å²) in [4.78, 5) is 2.56. The molecule has 0 radical (unpaired) electrons. The summed E-state index contributed by atoms with van der Waals surface area (Å²) in [5.74, 6) is 0.554. The number of fused-ring (bicyclic) bond motifs is 5. The van der Waals surface area contributed by atoms with Gasteiger partial charge in [-0.25, -0.2) is 0 Å². The Morgan fingerprint density at radius 2 is 0.922 bits per heavy atom. The van der Waals surface area contributed by atoms with E-state index in [2.05, 4.69) is 217 Å². The van der Waals surface area contributed by atoms with E-state index in [1.807, 2.05) is 6.07 Å². The van der Waals surface area contributed by atoms with Crippen molar-refractivity contribution in [2.45, 2.75) is 38.0 Å². The fourth-order valence-corrected chi connectivity index (χ4v) is 10.7. The Morgan fingerprint density at radius 3 is 1.77 bits per heavy atom. The molecular weight excluding hydrogens is 775 g/mol. The lowest BCUT2D eigenvalue weighted by molar-refractivity contribution is 0.445. The van der Waals surface area contributed by atoms with Gasteiger partial charge in [0.25, 0.3) is 0 Å². The fraction of sp³-hybridized carbons (Fsp3) is 0.0968. The molecule has 0 saturated heterocycles. The Kier molecular flexibility index (Phi) is 9.64. The van der Waals surface area contributed by atoms with Gasteiger partial charge in [0.15, 0.2) is 0 Å². The molecule has 64 heavy (non-hydrogen) atoms. The van der Waals surface area contributed by atoms with E-state index in [0.29, 0.717) is 5.92 Å². The minimum absolute atomic E-state index is 0.554. The second-order valence-corrected chi connectivity index (χ2v) is 17.4. The summed E-state index contributed by atoms with van der Waals surface area (Å²) < 4.78 is 6.35. The zero-order valence-corrected chi connectivity index (χ0v) is 35.8. The van der Waals surface area contributed by atoms with Crippen LogP contribution < -0.4 is 4.90 Å². The van der Waals surface area contributed by atoms with E-state index in [1.165, 1.54) is 81.5 Å². The number of nitrogens with zero attached hydrogens (tertiary/aromatic N) is 1. The van der Waals surface area contributed by atoms with Crippen molar-refractivity contribution in [1.82, 2.24) is 0 Å². The summed E-state index contributed by atoms with van der Waals surface area (Å²) in [6.07, 6.45) is 6.40. The molecule has 1 saturated carbocycles. The first-order chi connectivity index (χ1) is 31.8. The highest BCUT2D eigenvalue weighted by molar-refractivity contribution is 6.09. The monoisotopic (exact) mass is 821 g/mol. The van der Waals surface area contributed by atoms with E-state index in [0.717, 1.165) is 61.3 Å². The number of hydrogen-bond donors (Lipinski definition) is 0. The van der Waals surface area contributed by atoms with Gasteiger partial charge in [0.2, 0.25) is 0 Å². The van der Waals surface area contributed by atoms with Gasteiger partial charge in [0.1, 0.15) is 11.2 Å². The van der Waals surface area contributed by atoms with Crippen LogP contribution >= 0.6 is 0 Å². The van der Waals surface area contributed by atoms with Crippen molar-refractivity contribution in [2.24, 2.45) is 0 Å². The lowest BCUT2D eigenvalue weighted by Gasteiger charge is -2.32. The molecule has 2 heteroatoms. The Morgan fingerprint density at radius 1 is 0.344 bits per heavy atom. The summed E-state index contributed by atoms with van der Waals surface area (Å²) in [5.41, 5.74) is 16.1. The number of para-hydroxylation sites is 3. The molecule has 306 valence electrons. The third-order valence-electron chi connectivity index (χ3n) is 13.7. The van der Waals surface area contributed by atoms with Gasteiger partial charge in [-0.1, -0.05) is 201 Å². The quantitative estimate of drug-likeness (QED) is 0.152. The van der Waals surface area contributed by atoms with Crippen molar-refractivity contribution < 1.29 is 4.42 Å². The minimum Gasteiger partial charge on any atom is -0.456 e. The smallest absolute Gasteiger partial charge is 0.135 e. The molecule has 1 aliphatic carbocycles. The van der Waals surface area contributed by atoms with Gasteiger partial charge in [-0.3, -0.25) is 0 Å². The molecule has 1 aromatic heterocycles. The fourth-order valence-electron chi connectivity index (χ4n) is 10.7. The highest BCUT2D eigenvalue weighted by Gasteiger charge is 2.26. The van der Waals surface area contributed by atoms with E-state index < -0.39 is 0 Å². The molecule has 0 unspecified atom stereocenters. The van der Waals surface area contributed by atoms with E-state index in [9.17, 15) is 0 Å². The second-order valence-electron chi connectivity index (χ2n) is 17.4. The van der Waals surface area contributed by atoms with Gasteiger partial charge < -0.3 is 9.32 Å². The summed E-state index contributed by atoms with van der Waals surface area (Å²) in [6.45, 7) is 0. The topological polar surface area (TPSA) is 16.4 Å². The average molecular weight is 822 g/mol. The lowest BCUT2D eigenvalue weighted by Crippen LogP contribution is -2.14. The summed E-state index contributed by atoms with van der Waals surface area (Å²) in [6, 6.07) is 80.4. The second kappa shape index (κ2) is 16.2. The Balaban J connectivity index is 1.16. The van der Waals surface area contributed by atoms with Crippen LogP contribution in [0.4, 0.5) is 17.1 Å². The van der Waals surface area contributed by atoms with Crippen molar-refractivity contribution in [3.05, 3.63) is 224 Å². The van der Waals surface area contributed by atoms with Crippen molar-refractivity contribution in [1.29, 1.82) is 0 Å². The van der Waals surface area contributed by atoms with Gasteiger partial charge >= 0.3 is 0 Å². The number of benzene rings is 10. The van der Waals surface area contributed by atoms with Crippen LogP contribution in [0.1, 0.15) is 43.6 Å². The standard InChI is InChI=1S/C62H47NO/c1-3-18-43(19-4-1)51-38-36-47(49-30-15-23-42-22-7-8-26-48(42)49)41-59(51)63(57-33-12-9-27-50(57)46-37-39-61-56(40-46)54-29-11-14-35-60(54)64-61)58-34-13-10-28-53(58)55-32-17-25-45-24-16-31-52(62(45)55)44-20-5-2-6-21-44/h1,3-4,7-19,22-41,44H,2,5-6,20-21H2. The molecule has 0 atom stereocenters. The van der Waals surface area contributed by atoms with Gasteiger partial charge in [0.05, 0.1) is 17.1 Å². The number of furan rings is 1. The summed E-state index contributed by atoms with van der Waals surface area (Å²) in [7, 11) is 0. The lowest BCUT2D eigenvalue weighted by atomic mass is 9.80. The maximum Gasteiger partial charge on any atom is 0.135 e. The van der Waals surface area contributed by atoms with Crippen LogP contribution in [0.2, 0.25) is 0 Å². The Hall–Kier alpha value is -7.68. The molecule has 0 bridgehead atoms. The number of rotatable bonds is 8. The zero-order valence-electron chi connectivity index (χ0n) is 35.8. The van der Waals surface area contributed by atoms with E-state index in [-0.39, 0.29) is 0 Å². The maximum absolute atomic E-state index is 6.35. The normalized spacial score (nSPS) is 13.2. The third-order valence-corrected chi connectivity index (χ3v) is 13.7. The Bertz CT molecular complexity index is 3490. The number of hydrogen-bond acceptors (Lipinski definition) is 2. The maximum atomic E-state index is 6.35. The van der Waals surface area contributed by atoms with Crippen LogP contribution in [0.5, 0.6) is 0 Å². The molecule has 2 nitrogen and oxygen atoms in total. The first kappa shape index (κ1) is 38.0. The van der Waals surface area contributed by atoms with Gasteiger partial charge in [-0.2, -0.15) is 0 Å². The van der Waals surface area contributed by atoms with Crippen LogP contribution in [0.25, 0.3) is 88.0 Å². The first-order valence-electron chi connectivity index (χ1n) is 22.9. The highest BCUT2D eigenvalue weighted by atomic mass is 16.3. The molecule has 0 N–H and O–H groups in total. The van der Waals surface area contributed by atoms with Crippen LogP contribution in [-0.4, -0.2) is 0 Å². The van der Waals surface area contributed by atoms with Crippen molar-refractivity contribution in [3.8, 4) is 44.5 Å². The van der Waals surface area contributed by atoms with Crippen LogP contribution in [-0.2, 0) is 0 Å². The molecule has 1 aliphatic rings. The molecule has 1 fully saturated rings. The molecule has 1 heterocycles. The molecule has 11 aromatic rings. The summed E-state index contributed by atoms with van der Waals surface area (Å²) in [5, 5.41) is 7.38. The molecule has 0 aliphatic heterocycles. The van der Waals surface area contributed by atoms with Gasteiger partial charge in [-0.05, 0) is 110 Å². The zero-order chi connectivity index (χ0) is 42.4. The van der Waals surface area contributed by atoms with E-state index in [4.69, 9.17) is 4.42 Å². The highest BCUT2D eigenvalue weighted by Crippen LogP contribution is 2.51. The summed E-state index contributed by atoms with van der Waals surface area (Å²) >= 11 is 0. The largest absolute Gasteiger partial charge is 0.456 e. The van der Waals surface area contributed by atoms with Crippen molar-refractivity contribution in [2.75, 3.05) is 4.90 Å². The van der Waals surface area contributed by atoms with Gasteiger partial charge in [0, 0.05) is 27.5 Å². The number of anilines is 3. The first-order valence-corrected chi connectivity index (χ1v) is 22.9. The average Bonchev–Trinajstić information content (AvgIpc) is 3.75. The molecule has 10 aromatic carbocycles. The van der Waals surface area contributed by atoms with Crippen molar-refractivity contribution >= 4 is 60.5 Å². The van der Waals surface area contributed by atoms with Gasteiger partial charge in [-0.15, -0.1) is 0 Å². The third kappa shape index (κ3) is 6.66. The van der Waals surface area contributed by atoms with E-state index >= 15 is 0 Å². The van der Waals surface area contributed by atoms with Crippen LogP contribution in [0, 0.1) is 0 Å².